The molecule has 0 spiro atoms. The van der Waals surface area contributed by atoms with Crippen LogP contribution in [0.25, 0.3) is 0 Å². The number of aryl methyl sites for hydroxylation is 2. The number of anilines is 1. The summed E-state index contributed by atoms with van der Waals surface area (Å²) in [6, 6.07) is 11.8. The number of nitrogens with zero attached hydrogens (tertiary/aromatic N) is 2. The van der Waals surface area contributed by atoms with Gasteiger partial charge in [0.15, 0.2) is 0 Å². The fourth-order valence-electron chi connectivity index (χ4n) is 3.49. The Morgan fingerprint density at radius 2 is 1.74 bits per heavy atom. The molecule has 8 nitrogen and oxygen atoms in total. The average Bonchev–Trinajstić information content (AvgIpc) is 2.80. The van der Waals surface area contributed by atoms with E-state index >= 15 is 0 Å². The van der Waals surface area contributed by atoms with Crippen LogP contribution in [0.2, 0.25) is 0 Å². The first-order valence-corrected chi connectivity index (χ1v) is 13.1. The number of carbonyl (C=O) groups is 2. The second kappa shape index (κ2) is 11.9. The Balaban J connectivity index is 2.40. The molecule has 1 atom stereocenters. The van der Waals surface area contributed by atoms with Crippen molar-refractivity contribution >= 4 is 27.5 Å². The molecule has 0 aliphatic carbocycles. The number of carbonyl (C=O) groups excluding carboxylic acids is 2. The Morgan fingerprint density at radius 3 is 2.29 bits per heavy atom. The Kier molecular flexibility index (Phi) is 9.49. The topological polar surface area (TPSA) is 96.0 Å². The van der Waals surface area contributed by atoms with Crippen LogP contribution in [0.5, 0.6) is 5.75 Å². The van der Waals surface area contributed by atoms with Crippen LogP contribution in [0.1, 0.15) is 37.0 Å². The molecule has 2 rings (SSSR count). The minimum Gasteiger partial charge on any atom is -0.497 e. The van der Waals surface area contributed by atoms with E-state index in [1.807, 2.05) is 38.1 Å². The van der Waals surface area contributed by atoms with Gasteiger partial charge < -0.3 is 15.0 Å². The molecule has 2 amide bonds. The van der Waals surface area contributed by atoms with Crippen molar-refractivity contribution < 1.29 is 22.7 Å². The first kappa shape index (κ1) is 27.2. The smallest absolute Gasteiger partial charge is 0.244 e. The largest absolute Gasteiger partial charge is 0.497 e. The summed E-state index contributed by atoms with van der Waals surface area (Å²) in [6.45, 7) is 7.48. The average molecular weight is 490 g/mol. The molecule has 0 heterocycles. The van der Waals surface area contributed by atoms with Crippen LogP contribution in [0.4, 0.5) is 5.69 Å². The second-order valence-corrected chi connectivity index (χ2v) is 10.3. The number of benzene rings is 2. The zero-order valence-corrected chi connectivity index (χ0v) is 21.6. The van der Waals surface area contributed by atoms with Crippen molar-refractivity contribution in [1.82, 2.24) is 10.2 Å². The SMILES string of the molecule is CCCNC(=O)C(C)N(Cc1ccc(OC)cc1)C(=O)CN(c1cc(C)ccc1C)S(C)(=O)=O. The van der Waals surface area contributed by atoms with Crippen molar-refractivity contribution in [2.75, 3.05) is 30.8 Å². The maximum absolute atomic E-state index is 13.5. The van der Waals surface area contributed by atoms with Gasteiger partial charge in [0.1, 0.15) is 18.3 Å². The highest BCUT2D eigenvalue weighted by molar-refractivity contribution is 7.92. The molecule has 0 bridgehead atoms. The van der Waals surface area contributed by atoms with Crippen LogP contribution in [0, 0.1) is 13.8 Å². The number of amides is 2. The molecule has 0 radical (unpaired) electrons. The molecule has 1 N–H and O–H groups in total. The molecule has 0 saturated heterocycles. The highest BCUT2D eigenvalue weighted by Gasteiger charge is 2.30. The first-order chi connectivity index (χ1) is 16.0. The summed E-state index contributed by atoms with van der Waals surface area (Å²) < 4.78 is 31.7. The molecule has 9 heteroatoms. The molecular formula is C25H35N3O5S. The van der Waals surface area contributed by atoms with E-state index in [4.69, 9.17) is 4.74 Å². The normalized spacial score (nSPS) is 12.1. The summed E-state index contributed by atoms with van der Waals surface area (Å²) in [6.07, 6.45) is 1.84. The van der Waals surface area contributed by atoms with Gasteiger partial charge in [0.05, 0.1) is 19.1 Å². The third-order valence-electron chi connectivity index (χ3n) is 5.54. The highest BCUT2D eigenvalue weighted by atomic mass is 32.2. The fraction of sp³-hybridized carbons (Fsp3) is 0.440. The maximum atomic E-state index is 13.5. The molecule has 0 fully saturated rings. The molecule has 2 aromatic rings. The minimum atomic E-state index is -3.76. The van der Waals surface area contributed by atoms with Crippen molar-refractivity contribution in [2.24, 2.45) is 0 Å². The Labute approximate surface area is 202 Å². The van der Waals surface area contributed by atoms with Crippen LogP contribution in [-0.4, -0.2) is 57.6 Å². The predicted octanol–water partition coefficient (Wildman–Crippen LogP) is 3.02. The standard InChI is InChI=1S/C25H35N3O5S/c1-7-14-26-25(30)20(4)27(16-21-10-12-22(33-5)13-11-21)24(29)17-28(34(6,31)32)23-15-18(2)8-9-19(23)3/h8-13,15,20H,7,14,16-17H2,1-6H3,(H,26,30). The minimum absolute atomic E-state index is 0.147. The molecule has 34 heavy (non-hydrogen) atoms. The Morgan fingerprint density at radius 1 is 1.09 bits per heavy atom. The van der Waals surface area contributed by atoms with Gasteiger partial charge in [-0.25, -0.2) is 8.42 Å². The summed E-state index contributed by atoms with van der Waals surface area (Å²) in [5.74, 6) is -0.0869. The van der Waals surface area contributed by atoms with Crippen molar-refractivity contribution in [3.63, 3.8) is 0 Å². The van der Waals surface area contributed by atoms with Crippen LogP contribution < -0.4 is 14.4 Å². The summed E-state index contributed by atoms with van der Waals surface area (Å²) in [5, 5.41) is 2.82. The monoisotopic (exact) mass is 489 g/mol. The maximum Gasteiger partial charge on any atom is 0.244 e. The van der Waals surface area contributed by atoms with Crippen LogP contribution in [-0.2, 0) is 26.2 Å². The van der Waals surface area contributed by atoms with E-state index < -0.39 is 28.5 Å². The summed E-state index contributed by atoms with van der Waals surface area (Å²) >= 11 is 0. The first-order valence-electron chi connectivity index (χ1n) is 11.2. The Bertz CT molecular complexity index is 1100. The van der Waals surface area contributed by atoms with E-state index in [9.17, 15) is 18.0 Å². The lowest BCUT2D eigenvalue weighted by Gasteiger charge is -2.32. The van der Waals surface area contributed by atoms with Gasteiger partial charge in [-0.05, 0) is 62.1 Å². The van der Waals surface area contributed by atoms with Crippen molar-refractivity contribution in [3.05, 3.63) is 59.2 Å². The van der Waals surface area contributed by atoms with E-state index in [1.54, 1.807) is 39.2 Å². The van der Waals surface area contributed by atoms with Gasteiger partial charge >= 0.3 is 0 Å². The molecule has 0 aliphatic rings. The van der Waals surface area contributed by atoms with Gasteiger partial charge in [-0.15, -0.1) is 0 Å². The van der Waals surface area contributed by atoms with Crippen LogP contribution in [0.15, 0.2) is 42.5 Å². The van der Waals surface area contributed by atoms with Crippen molar-refractivity contribution in [3.8, 4) is 5.75 Å². The zero-order chi connectivity index (χ0) is 25.5. The van der Waals surface area contributed by atoms with Crippen LogP contribution >= 0.6 is 0 Å². The predicted molar refractivity (Wildman–Crippen MR) is 134 cm³/mol. The summed E-state index contributed by atoms with van der Waals surface area (Å²) in [4.78, 5) is 27.7. The van der Waals surface area contributed by atoms with Crippen LogP contribution in [0.3, 0.4) is 0 Å². The van der Waals surface area contributed by atoms with E-state index in [0.29, 0.717) is 18.0 Å². The number of methoxy groups -OCH3 is 1. The number of hydrogen-bond acceptors (Lipinski definition) is 5. The molecule has 0 saturated carbocycles. The third kappa shape index (κ3) is 7.21. The van der Waals surface area contributed by atoms with Gasteiger partial charge in [0, 0.05) is 13.1 Å². The van der Waals surface area contributed by atoms with E-state index in [-0.39, 0.29) is 12.5 Å². The van der Waals surface area contributed by atoms with Crippen molar-refractivity contribution in [2.45, 2.75) is 46.7 Å². The van der Waals surface area contributed by atoms with Gasteiger partial charge in [0.2, 0.25) is 21.8 Å². The molecular weight excluding hydrogens is 454 g/mol. The lowest BCUT2D eigenvalue weighted by atomic mass is 10.1. The lowest BCUT2D eigenvalue weighted by Crippen LogP contribution is -2.51. The number of sulfonamides is 1. The van der Waals surface area contributed by atoms with E-state index in [2.05, 4.69) is 5.32 Å². The second-order valence-electron chi connectivity index (χ2n) is 8.40. The number of hydrogen-bond donors (Lipinski definition) is 1. The lowest BCUT2D eigenvalue weighted by molar-refractivity contribution is -0.139. The molecule has 186 valence electrons. The third-order valence-corrected chi connectivity index (χ3v) is 6.67. The molecule has 1 unspecified atom stereocenters. The summed E-state index contributed by atoms with van der Waals surface area (Å²) in [5.41, 5.74) is 2.86. The quantitative estimate of drug-likeness (QED) is 0.523. The molecule has 0 aliphatic heterocycles. The fourth-order valence-corrected chi connectivity index (χ4v) is 4.39. The zero-order valence-electron chi connectivity index (χ0n) is 20.8. The van der Waals surface area contributed by atoms with Gasteiger partial charge in [-0.2, -0.15) is 0 Å². The van der Waals surface area contributed by atoms with E-state index in [1.165, 1.54) is 4.90 Å². The van der Waals surface area contributed by atoms with Gasteiger partial charge in [-0.1, -0.05) is 31.2 Å². The Hall–Kier alpha value is -3.07. The van der Waals surface area contributed by atoms with Gasteiger partial charge in [-0.3, -0.25) is 13.9 Å². The van der Waals surface area contributed by atoms with Crippen molar-refractivity contribution in [1.29, 1.82) is 0 Å². The molecule has 0 aromatic heterocycles. The number of nitrogens with one attached hydrogen (secondary N) is 1. The summed E-state index contributed by atoms with van der Waals surface area (Å²) in [7, 11) is -2.19. The number of rotatable bonds is 11. The number of ether oxygens (including phenoxy) is 1. The molecule has 2 aromatic carbocycles. The highest BCUT2D eigenvalue weighted by Crippen LogP contribution is 2.24. The van der Waals surface area contributed by atoms with Gasteiger partial charge in [0.25, 0.3) is 0 Å². The van der Waals surface area contributed by atoms with E-state index in [0.717, 1.165) is 33.7 Å².